The zero-order chi connectivity index (χ0) is 38.4. The largest absolute Gasteiger partial charge is 0.0622 e. The first-order valence-corrected chi connectivity index (χ1v) is 20.1. The summed E-state index contributed by atoms with van der Waals surface area (Å²) < 4.78 is 0. The summed E-state index contributed by atoms with van der Waals surface area (Å²) in [6.45, 7) is 0. The monoisotopic (exact) mass is 734 g/mol. The minimum atomic E-state index is 1.20. The first-order chi connectivity index (χ1) is 28.7. The maximum absolute atomic E-state index is 2.45. The molecule has 0 amide bonds. The molecule has 0 atom stereocenters. The van der Waals surface area contributed by atoms with E-state index in [1.165, 1.54) is 110 Å². The van der Waals surface area contributed by atoms with Crippen molar-refractivity contribution in [2.24, 2.45) is 0 Å². The van der Waals surface area contributed by atoms with Crippen molar-refractivity contribution in [2.75, 3.05) is 0 Å². The molecule has 0 bridgehead atoms. The molecule has 0 unspecified atom stereocenters. The molecule has 58 heavy (non-hydrogen) atoms. The van der Waals surface area contributed by atoms with Gasteiger partial charge in [0.1, 0.15) is 0 Å². The lowest BCUT2D eigenvalue weighted by molar-refractivity contribution is 1.58. The first kappa shape index (κ1) is 33.8. The molecule has 270 valence electrons. The number of hydrogen-bond acceptors (Lipinski definition) is 0. The Morgan fingerprint density at radius 2 is 0.517 bits per heavy atom. The number of fused-ring (bicyclic) bond motifs is 6. The topological polar surface area (TPSA) is 0 Å². The van der Waals surface area contributed by atoms with Crippen molar-refractivity contribution >= 4 is 43.1 Å². The summed E-state index contributed by atoms with van der Waals surface area (Å²) in [4.78, 5) is 0. The van der Waals surface area contributed by atoms with Crippen LogP contribution in [-0.2, 0) is 0 Å². The zero-order valence-corrected chi connectivity index (χ0v) is 31.9. The van der Waals surface area contributed by atoms with Crippen molar-refractivity contribution in [3.05, 3.63) is 231 Å². The molecule has 0 heteroatoms. The van der Waals surface area contributed by atoms with Crippen LogP contribution in [0.25, 0.3) is 110 Å². The van der Waals surface area contributed by atoms with E-state index in [2.05, 4.69) is 231 Å². The third kappa shape index (κ3) is 5.95. The van der Waals surface area contributed by atoms with Crippen molar-refractivity contribution in [3.8, 4) is 66.8 Å². The lowest BCUT2D eigenvalue weighted by atomic mass is 9.85. The Morgan fingerprint density at radius 3 is 1.00 bits per heavy atom. The lowest BCUT2D eigenvalue weighted by Crippen LogP contribution is -1.91. The average molecular weight is 735 g/mol. The molecule has 0 radical (unpaired) electrons. The molecule has 0 nitrogen and oxygen atoms in total. The van der Waals surface area contributed by atoms with E-state index >= 15 is 0 Å². The zero-order valence-electron chi connectivity index (χ0n) is 31.9. The smallest absolute Gasteiger partial charge is 0.00259 e. The van der Waals surface area contributed by atoms with Crippen LogP contribution in [0.5, 0.6) is 0 Å². The molecule has 0 saturated carbocycles. The Labute approximate surface area is 339 Å². The minimum absolute atomic E-state index is 1.20. The third-order valence-corrected chi connectivity index (χ3v) is 11.8. The van der Waals surface area contributed by atoms with Crippen LogP contribution in [0.2, 0.25) is 0 Å². The van der Waals surface area contributed by atoms with Crippen LogP contribution in [0.3, 0.4) is 0 Å². The van der Waals surface area contributed by atoms with Gasteiger partial charge in [0, 0.05) is 0 Å². The molecular formula is C58H38. The molecule has 0 aliphatic rings. The quantitative estimate of drug-likeness (QED) is 0.149. The standard InChI is InChI=1S/C58H38/c1-4-17-39(18-5-1)43-31-44(40-19-6-2-7-20-40)34-47(33-43)56-37-49-38-57(53-27-13-15-29-55(53)58(49)54-28-14-12-26-52(54)56)48-35-45(41-21-8-3-9-22-41)32-46(36-48)51-30-16-24-42-23-10-11-25-50(42)51/h1-38H. The highest BCUT2D eigenvalue weighted by molar-refractivity contribution is 6.26. The molecule has 11 aromatic carbocycles. The maximum atomic E-state index is 2.45. The summed E-state index contributed by atoms with van der Waals surface area (Å²) in [6, 6.07) is 84.7. The molecule has 0 saturated heterocycles. The molecule has 0 N–H and O–H groups in total. The van der Waals surface area contributed by atoms with Crippen LogP contribution in [0.15, 0.2) is 231 Å². The summed E-state index contributed by atoms with van der Waals surface area (Å²) in [6.07, 6.45) is 0. The predicted molar refractivity (Wildman–Crippen MR) is 249 cm³/mol. The first-order valence-electron chi connectivity index (χ1n) is 20.1. The third-order valence-electron chi connectivity index (χ3n) is 11.8. The van der Waals surface area contributed by atoms with Gasteiger partial charge in [-0.25, -0.2) is 0 Å². The highest BCUT2D eigenvalue weighted by Crippen LogP contribution is 2.45. The van der Waals surface area contributed by atoms with Crippen molar-refractivity contribution < 1.29 is 0 Å². The summed E-state index contributed by atoms with van der Waals surface area (Å²) in [7, 11) is 0. The van der Waals surface area contributed by atoms with E-state index in [0.717, 1.165) is 0 Å². The van der Waals surface area contributed by atoms with Gasteiger partial charge in [-0.2, -0.15) is 0 Å². The number of rotatable bonds is 6. The second-order valence-corrected chi connectivity index (χ2v) is 15.3. The molecule has 0 aromatic heterocycles. The van der Waals surface area contributed by atoms with E-state index in [1.54, 1.807) is 0 Å². The van der Waals surface area contributed by atoms with Crippen molar-refractivity contribution in [3.63, 3.8) is 0 Å². The molecule has 11 aromatic rings. The SMILES string of the molecule is c1ccc(-c2cc(-c3ccccc3)cc(-c3cc4cc(-c5cc(-c6ccccc6)cc(-c6cccc7ccccc67)c5)c5ccccc5c4c4ccccc34)c2)cc1. The van der Waals surface area contributed by atoms with Gasteiger partial charge in [-0.15, -0.1) is 0 Å². The van der Waals surface area contributed by atoms with Crippen LogP contribution < -0.4 is 0 Å². The minimum Gasteiger partial charge on any atom is -0.0622 e. The second-order valence-electron chi connectivity index (χ2n) is 15.3. The highest BCUT2D eigenvalue weighted by atomic mass is 14.2. The van der Waals surface area contributed by atoms with Gasteiger partial charge >= 0.3 is 0 Å². The summed E-state index contributed by atoms with van der Waals surface area (Å²) in [5, 5.41) is 10.0. The Morgan fingerprint density at radius 1 is 0.172 bits per heavy atom. The molecule has 0 heterocycles. The number of benzene rings is 11. The normalized spacial score (nSPS) is 11.4. The van der Waals surface area contributed by atoms with E-state index in [1.807, 2.05) is 0 Å². The Kier molecular flexibility index (Phi) is 8.26. The molecule has 0 aliphatic heterocycles. The van der Waals surface area contributed by atoms with Gasteiger partial charge < -0.3 is 0 Å². The van der Waals surface area contributed by atoms with Crippen LogP contribution >= 0.6 is 0 Å². The van der Waals surface area contributed by atoms with E-state index in [4.69, 9.17) is 0 Å². The molecule has 0 spiro atoms. The van der Waals surface area contributed by atoms with E-state index in [9.17, 15) is 0 Å². The molecule has 11 rings (SSSR count). The van der Waals surface area contributed by atoms with Gasteiger partial charge in [0.15, 0.2) is 0 Å². The van der Waals surface area contributed by atoms with E-state index < -0.39 is 0 Å². The van der Waals surface area contributed by atoms with Gasteiger partial charge in [-0.05, 0) is 158 Å². The van der Waals surface area contributed by atoms with Crippen LogP contribution in [-0.4, -0.2) is 0 Å². The fourth-order valence-corrected chi connectivity index (χ4v) is 9.05. The molecule has 0 aliphatic carbocycles. The fourth-order valence-electron chi connectivity index (χ4n) is 9.05. The van der Waals surface area contributed by atoms with Crippen LogP contribution in [0, 0.1) is 0 Å². The van der Waals surface area contributed by atoms with Gasteiger partial charge in [0.05, 0.1) is 0 Å². The lowest BCUT2D eigenvalue weighted by Gasteiger charge is -2.18. The number of hydrogen-bond donors (Lipinski definition) is 0. The summed E-state index contributed by atoms with van der Waals surface area (Å²) in [5.74, 6) is 0. The molecular weight excluding hydrogens is 697 g/mol. The van der Waals surface area contributed by atoms with Crippen molar-refractivity contribution in [1.29, 1.82) is 0 Å². The second kappa shape index (κ2) is 14.2. The van der Waals surface area contributed by atoms with Crippen LogP contribution in [0.4, 0.5) is 0 Å². The summed E-state index contributed by atoms with van der Waals surface area (Å²) >= 11 is 0. The van der Waals surface area contributed by atoms with Gasteiger partial charge in [0.2, 0.25) is 0 Å². The Bertz CT molecular complexity index is 3240. The fraction of sp³-hybridized carbons (Fsp3) is 0. The van der Waals surface area contributed by atoms with E-state index in [-0.39, 0.29) is 0 Å². The Balaban J connectivity index is 1.20. The summed E-state index contributed by atoms with van der Waals surface area (Å²) in [5.41, 5.74) is 14.6. The van der Waals surface area contributed by atoms with Crippen molar-refractivity contribution in [1.82, 2.24) is 0 Å². The Hall–Kier alpha value is -7.54. The predicted octanol–water partition coefficient (Wildman–Crippen LogP) is 16.3. The van der Waals surface area contributed by atoms with E-state index in [0.29, 0.717) is 0 Å². The maximum Gasteiger partial charge on any atom is -0.00259 e. The average Bonchev–Trinajstić information content (AvgIpc) is 3.31. The van der Waals surface area contributed by atoms with Crippen LogP contribution in [0.1, 0.15) is 0 Å². The van der Waals surface area contributed by atoms with Gasteiger partial charge in [-0.3, -0.25) is 0 Å². The molecule has 0 fully saturated rings. The highest BCUT2D eigenvalue weighted by Gasteiger charge is 2.18. The van der Waals surface area contributed by atoms with Gasteiger partial charge in [-0.1, -0.05) is 182 Å². The van der Waals surface area contributed by atoms with Crippen molar-refractivity contribution in [2.45, 2.75) is 0 Å². The van der Waals surface area contributed by atoms with Gasteiger partial charge in [0.25, 0.3) is 0 Å².